The van der Waals surface area contributed by atoms with E-state index in [1.165, 1.54) is 11.8 Å². The van der Waals surface area contributed by atoms with Crippen molar-refractivity contribution >= 4 is 29.4 Å². The fraction of sp³-hybridized carbons (Fsp3) is 0.286. The standard InChI is InChI=1S/C14H17N3O2S2/c1-4-20-10-6-5-7-11(12(10)13(15)17-18)21-14-16-8(2)9(3)19-14/h5-7,18H,4H2,1-3H3,(H2,15,17). The highest BCUT2D eigenvalue weighted by molar-refractivity contribution is 8.00. The summed E-state index contributed by atoms with van der Waals surface area (Å²) in [6.07, 6.45) is 0. The fourth-order valence-corrected chi connectivity index (χ4v) is 3.67. The first-order valence-electron chi connectivity index (χ1n) is 6.42. The molecule has 0 saturated carbocycles. The Labute approximate surface area is 132 Å². The van der Waals surface area contributed by atoms with Gasteiger partial charge in [-0.3, -0.25) is 0 Å². The average molecular weight is 323 g/mol. The van der Waals surface area contributed by atoms with Gasteiger partial charge in [0.15, 0.2) is 5.84 Å². The van der Waals surface area contributed by atoms with Gasteiger partial charge in [-0.1, -0.05) is 18.1 Å². The summed E-state index contributed by atoms with van der Waals surface area (Å²) < 4.78 is 5.59. The normalized spacial score (nSPS) is 11.9. The van der Waals surface area contributed by atoms with Crippen LogP contribution in [0, 0.1) is 13.8 Å². The highest BCUT2D eigenvalue weighted by Gasteiger charge is 2.16. The van der Waals surface area contributed by atoms with Gasteiger partial charge in [0.2, 0.25) is 0 Å². The van der Waals surface area contributed by atoms with E-state index >= 15 is 0 Å². The molecule has 0 aliphatic heterocycles. The van der Waals surface area contributed by atoms with Crippen molar-refractivity contribution in [2.45, 2.75) is 35.8 Å². The Kier molecular flexibility index (Phi) is 5.19. The van der Waals surface area contributed by atoms with Crippen LogP contribution in [-0.4, -0.2) is 21.8 Å². The van der Waals surface area contributed by atoms with Crippen molar-refractivity contribution in [3.05, 3.63) is 35.2 Å². The predicted molar refractivity (Wildman–Crippen MR) is 85.5 cm³/mol. The number of rotatable bonds is 5. The van der Waals surface area contributed by atoms with Gasteiger partial charge in [0, 0.05) is 15.4 Å². The van der Waals surface area contributed by atoms with Gasteiger partial charge in [0.1, 0.15) is 5.76 Å². The molecule has 0 unspecified atom stereocenters. The van der Waals surface area contributed by atoms with Crippen molar-refractivity contribution in [3.63, 3.8) is 0 Å². The Bertz CT molecular complexity index is 649. The van der Waals surface area contributed by atoms with E-state index in [9.17, 15) is 0 Å². The first-order valence-corrected chi connectivity index (χ1v) is 8.22. The minimum absolute atomic E-state index is 0.0917. The molecule has 0 spiro atoms. The summed E-state index contributed by atoms with van der Waals surface area (Å²) in [6.45, 7) is 5.83. The van der Waals surface area contributed by atoms with Gasteiger partial charge >= 0.3 is 0 Å². The van der Waals surface area contributed by atoms with E-state index in [0.717, 1.165) is 27.0 Å². The number of nitrogens with two attached hydrogens (primary N) is 1. The summed E-state index contributed by atoms with van der Waals surface area (Å²) in [5, 5.41) is 12.7. The topological polar surface area (TPSA) is 84.6 Å². The van der Waals surface area contributed by atoms with E-state index in [1.54, 1.807) is 11.8 Å². The fourth-order valence-electron chi connectivity index (χ4n) is 1.76. The van der Waals surface area contributed by atoms with Crippen molar-refractivity contribution in [2.24, 2.45) is 10.9 Å². The second-order valence-corrected chi connectivity index (χ2v) is 6.57. The van der Waals surface area contributed by atoms with E-state index in [-0.39, 0.29) is 5.84 Å². The summed E-state index contributed by atoms with van der Waals surface area (Å²) in [5.41, 5.74) is 7.41. The molecule has 0 fully saturated rings. The molecule has 0 aliphatic carbocycles. The molecule has 1 aromatic heterocycles. The smallest absolute Gasteiger partial charge is 0.261 e. The predicted octanol–water partition coefficient (Wildman–Crippen LogP) is 3.65. The van der Waals surface area contributed by atoms with Crippen LogP contribution in [0.2, 0.25) is 0 Å². The Morgan fingerprint density at radius 2 is 2.10 bits per heavy atom. The molecular weight excluding hydrogens is 306 g/mol. The van der Waals surface area contributed by atoms with Crippen LogP contribution in [0.1, 0.15) is 23.9 Å². The van der Waals surface area contributed by atoms with Crippen LogP contribution in [0.4, 0.5) is 0 Å². The maximum absolute atomic E-state index is 9.03. The number of amidine groups is 1. The number of hydrogen-bond acceptors (Lipinski definition) is 6. The van der Waals surface area contributed by atoms with E-state index in [1.807, 2.05) is 32.0 Å². The van der Waals surface area contributed by atoms with Gasteiger partial charge < -0.3 is 15.4 Å². The van der Waals surface area contributed by atoms with Crippen LogP contribution in [-0.2, 0) is 0 Å². The molecule has 0 bridgehead atoms. The summed E-state index contributed by atoms with van der Waals surface area (Å²) in [4.78, 5) is 6.18. The van der Waals surface area contributed by atoms with Crippen molar-refractivity contribution in [2.75, 3.05) is 5.75 Å². The molecule has 0 amide bonds. The first-order chi connectivity index (χ1) is 10.1. The maximum atomic E-state index is 9.03. The quantitative estimate of drug-likeness (QED) is 0.287. The SMILES string of the molecule is CCSc1cccc(Sc2nc(C)c(C)o2)c1/C(N)=N/O. The molecule has 0 atom stereocenters. The van der Waals surface area contributed by atoms with E-state index in [0.29, 0.717) is 10.8 Å². The molecule has 1 aromatic carbocycles. The summed E-state index contributed by atoms with van der Waals surface area (Å²) in [6, 6.07) is 5.81. The van der Waals surface area contributed by atoms with Crippen molar-refractivity contribution in [1.29, 1.82) is 0 Å². The van der Waals surface area contributed by atoms with Gasteiger partial charge in [-0.15, -0.1) is 11.8 Å². The minimum atomic E-state index is 0.0917. The van der Waals surface area contributed by atoms with Crippen LogP contribution in [0.15, 0.2) is 42.8 Å². The Morgan fingerprint density at radius 1 is 1.38 bits per heavy atom. The van der Waals surface area contributed by atoms with Gasteiger partial charge in [0.25, 0.3) is 5.22 Å². The lowest BCUT2D eigenvalue weighted by Crippen LogP contribution is -2.15. The highest BCUT2D eigenvalue weighted by Crippen LogP contribution is 2.35. The highest BCUT2D eigenvalue weighted by atomic mass is 32.2. The lowest BCUT2D eigenvalue weighted by molar-refractivity contribution is 0.318. The molecule has 0 saturated heterocycles. The number of aryl methyl sites for hydroxylation is 2. The number of oxazole rings is 1. The summed E-state index contributed by atoms with van der Waals surface area (Å²) >= 11 is 3.01. The number of oxime groups is 1. The number of nitrogens with zero attached hydrogens (tertiary/aromatic N) is 2. The molecular formula is C14H17N3O2S2. The molecule has 5 nitrogen and oxygen atoms in total. The van der Waals surface area contributed by atoms with Gasteiger partial charge in [-0.25, -0.2) is 4.98 Å². The van der Waals surface area contributed by atoms with Gasteiger partial charge in [-0.05, 0) is 43.5 Å². The van der Waals surface area contributed by atoms with Gasteiger partial charge in [-0.2, -0.15) is 0 Å². The molecule has 21 heavy (non-hydrogen) atoms. The molecule has 2 rings (SSSR count). The largest absolute Gasteiger partial charge is 0.436 e. The van der Waals surface area contributed by atoms with Crippen molar-refractivity contribution in [3.8, 4) is 0 Å². The van der Waals surface area contributed by atoms with E-state index in [4.69, 9.17) is 15.4 Å². The monoisotopic (exact) mass is 323 g/mol. The third kappa shape index (κ3) is 3.54. The molecule has 0 aliphatic rings. The lowest BCUT2D eigenvalue weighted by Gasteiger charge is -2.11. The molecule has 7 heteroatoms. The molecule has 3 N–H and O–H groups in total. The Balaban J connectivity index is 2.44. The number of thioether (sulfide) groups is 1. The zero-order valence-electron chi connectivity index (χ0n) is 12.1. The molecule has 112 valence electrons. The Hall–Kier alpha value is -1.60. The van der Waals surface area contributed by atoms with Crippen LogP contribution in [0.3, 0.4) is 0 Å². The first kappa shape index (κ1) is 15.8. The van der Waals surface area contributed by atoms with Crippen molar-refractivity contribution in [1.82, 2.24) is 4.98 Å². The van der Waals surface area contributed by atoms with Crippen LogP contribution in [0.5, 0.6) is 0 Å². The average Bonchev–Trinajstić information content (AvgIpc) is 2.77. The minimum Gasteiger partial charge on any atom is -0.436 e. The third-order valence-corrected chi connectivity index (χ3v) is 4.71. The molecule has 1 heterocycles. The number of benzene rings is 1. The van der Waals surface area contributed by atoms with E-state index in [2.05, 4.69) is 17.1 Å². The lowest BCUT2D eigenvalue weighted by atomic mass is 10.2. The summed E-state index contributed by atoms with van der Waals surface area (Å²) in [7, 11) is 0. The number of hydrogen-bond donors (Lipinski definition) is 2. The van der Waals surface area contributed by atoms with Crippen LogP contribution in [0.25, 0.3) is 0 Å². The molecule has 2 aromatic rings. The van der Waals surface area contributed by atoms with Crippen LogP contribution >= 0.6 is 23.5 Å². The van der Waals surface area contributed by atoms with E-state index < -0.39 is 0 Å². The zero-order chi connectivity index (χ0) is 15.4. The number of aromatic nitrogens is 1. The third-order valence-electron chi connectivity index (χ3n) is 2.86. The second-order valence-electron chi connectivity index (χ2n) is 4.27. The van der Waals surface area contributed by atoms with Gasteiger partial charge in [0.05, 0.1) is 5.69 Å². The van der Waals surface area contributed by atoms with Crippen molar-refractivity contribution < 1.29 is 9.62 Å². The maximum Gasteiger partial charge on any atom is 0.261 e. The zero-order valence-corrected chi connectivity index (χ0v) is 13.7. The second kappa shape index (κ2) is 6.91. The molecule has 0 radical (unpaired) electrons. The summed E-state index contributed by atoms with van der Waals surface area (Å²) in [5.74, 6) is 1.79. The van der Waals surface area contributed by atoms with Crippen LogP contribution < -0.4 is 5.73 Å². The Morgan fingerprint density at radius 3 is 2.67 bits per heavy atom.